The predicted molar refractivity (Wildman–Crippen MR) is 50.7 cm³/mol. The molecule has 0 fully saturated rings. The summed E-state index contributed by atoms with van der Waals surface area (Å²) in [4.78, 5) is 0. The van der Waals surface area contributed by atoms with Crippen molar-refractivity contribution < 1.29 is 9.37 Å². The van der Waals surface area contributed by atoms with E-state index in [0.29, 0.717) is 23.4 Å². The van der Waals surface area contributed by atoms with Gasteiger partial charge >= 0.3 is 0 Å². The van der Waals surface area contributed by atoms with Gasteiger partial charge in [-0.1, -0.05) is 15.9 Å². The van der Waals surface area contributed by atoms with Gasteiger partial charge in [0, 0.05) is 4.47 Å². The number of ether oxygens (including phenoxy) is 1. The molecule has 0 saturated carbocycles. The highest BCUT2D eigenvalue weighted by molar-refractivity contribution is 9.10. The molecule has 1 heterocycles. The number of hydrogen-bond acceptors (Lipinski definition) is 4. The first-order valence-electron chi connectivity index (χ1n) is 3.86. The topological polar surface area (TPSA) is 48.2 Å². The molecule has 2 aromatic rings. The van der Waals surface area contributed by atoms with Crippen LogP contribution < -0.4 is 4.74 Å². The van der Waals surface area contributed by atoms with Gasteiger partial charge in [0.2, 0.25) is 0 Å². The minimum atomic E-state index is 0.596. The maximum Gasteiger partial charge on any atom is 0.177 e. The van der Waals surface area contributed by atoms with Crippen molar-refractivity contribution in [3.63, 3.8) is 0 Å². The van der Waals surface area contributed by atoms with Crippen LogP contribution in [-0.4, -0.2) is 16.9 Å². The summed E-state index contributed by atoms with van der Waals surface area (Å²) in [5, 5.41) is 7.47. The fourth-order valence-corrected chi connectivity index (χ4v) is 1.52. The molecule has 0 bridgehead atoms. The smallest absolute Gasteiger partial charge is 0.177 e. The number of nitrogens with zero attached hydrogens (tertiary/aromatic N) is 2. The predicted octanol–water partition coefficient (Wildman–Crippen LogP) is 2.38. The highest BCUT2D eigenvalue weighted by Gasteiger charge is 2.08. The molecule has 0 aliphatic carbocycles. The molecule has 0 saturated heterocycles. The molecule has 68 valence electrons. The molecule has 13 heavy (non-hydrogen) atoms. The maximum absolute atomic E-state index is 5.37. The minimum Gasteiger partial charge on any atom is -0.491 e. The van der Waals surface area contributed by atoms with Crippen LogP contribution in [0.3, 0.4) is 0 Å². The van der Waals surface area contributed by atoms with E-state index in [0.717, 1.165) is 4.47 Å². The van der Waals surface area contributed by atoms with Gasteiger partial charge in [0.15, 0.2) is 11.3 Å². The summed E-state index contributed by atoms with van der Waals surface area (Å²) in [6.07, 6.45) is 0. The number of aromatic nitrogens is 2. The monoisotopic (exact) mass is 242 g/mol. The van der Waals surface area contributed by atoms with Gasteiger partial charge in [-0.25, -0.2) is 4.63 Å². The van der Waals surface area contributed by atoms with E-state index in [9.17, 15) is 0 Å². The highest BCUT2D eigenvalue weighted by atomic mass is 79.9. The van der Waals surface area contributed by atoms with E-state index in [1.807, 2.05) is 19.1 Å². The summed E-state index contributed by atoms with van der Waals surface area (Å²) in [6.45, 7) is 2.51. The molecule has 0 atom stereocenters. The molecule has 0 aliphatic heterocycles. The van der Waals surface area contributed by atoms with Crippen molar-refractivity contribution in [2.45, 2.75) is 6.92 Å². The van der Waals surface area contributed by atoms with Gasteiger partial charge in [-0.05, 0) is 29.4 Å². The number of benzene rings is 1. The Bertz CT molecular complexity index is 427. The van der Waals surface area contributed by atoms with E-state index in [-0.39, 0.29) is 0 Å². The first-order valence-corrected chi connectivity index (χ1v) is 4.65. The van der Waals surface area contributed by atoms with Crippen molar-refractivity contribution in [3.05, 3.63) is 16.6 Å². The molecular weight excluding hydrogens is 236 g/mol. The molecular formula is C8H7BrN2O2. The Morgan fingerprint density at radius 2 is 2.31 bits per heavy atom. The van der Waals surface area contributed by atoms with Gasteiger partial charge in [0.05, 0.1) is 6.61 Å². The third kappa shape index (κ3) is 1.51. The third-order valence-corrected chi connectivity index (χ3v) is 2.05. The zero-order valence-corrected chi connectivity index (χ0v) is 8.54. The lowest BCUT2D eigenvalue weighted by Gasteiger charge is -2.02. The molecule has 1 aromatic heterocycles. The van der Waals surface area contributed by atoms with Gasteiger partial charge in [-0.2, -0.15) is 0 Å². The fraction of sp³-hybridized carbons (Fsp3) is 0.250. The molecule has 1 aromatic carbocycles. The molecule has 0 unspecified atom stereocenters. The van der Waals surface area contributed by atoms with Crippen LogP contribution in [0.2, 0.25) is 0 Å². The van der Waals surface area contributed by atoms with Crippen LogP contribution in [0.1, 0.15) is 6.92 Å². The SMILES string of the molecule is CCOc1cc(Br)cc2nonc12. The number of halogens is 1. The molecule has 4 nitrogen and oxygen atoms in total. The van der Waals surface area contributed by atoms with Crippen LogP contribution >= 0.6 is 15.9 Å². The van der Waals surface area contributed by atoms with E-state index in [1.54, 1.807) is 0 Å². The van der Waals surface area contributed by atoms with Crippen LogP contribution in [0.25, 0.3) is 11.0 Å². The van der Waals surface area contributed by atoms with Crippen LogP contribution in [0.15, 0.2) is 21.2 Å². The molecule has 0 aliphatic rings. The normalized spacial score (nSPS) is 10.6. The number of fused-ring (bicyclic) bond motifs is 1. The summed E-state index contributed by atoms with van der Waals surface area (Å²) in [6, 6.07) is 3.67. The second kappa shape index (κ2) is 3.33. The number of hydrogen-bond donors (Lipinski definition) is 0. The highest BCUT2D eigenvalue weighted by Crippen LogP contribution is 2.27. The standard InChI is InChI=1S/C8H7BrN2O2/c1-2-12-7-4-5(9)3-6-8(7)11-13-10-6/h3-4H,2H2,1H3. The third-order valence-electron chi connectivity index (χ3n) is 1.59. The van der Waals surface area contributed by atoms with Crippen LogP contribution in [0, 0.1) is 0 Å². The number of rotatable bonds is 2. The minimum absolute atomic E-state index is 0.596. The van der Waals surface area contributed by atoms with E-state index < -0.39 is 0 Å². The Labute approximate surface area is 83.0 Å². The van der Waals surface area contributed by atoms with Crippen molar-refractivity contribution in [3.8, 4) is 5.75 Å². The van der Waals surface area contributed by atoms with Gasteiger partial charge in [0.25, 0.3) is 0 Å². The van der Waals surface area contributed by atoms with E-state index in [4.69, 9.17) is 4.74 Å². The van der Waals surface area contributed by atoms with E-state index in [2.05, 4.69) is 30.9 Å². The lowest BCUT2D eigenvalue weighted by Crippen LogP contribution is -1.92. The van der Waals surface area contributed by atoms with Gasteiger partial charge in [-0.3, -0.25) is 0 Å². The van der Waals surface area contributed by atoms with E-state index >= 15 is 0 Å². The zero-order chi connectivity index (χ0) is 9.26. The van der Waals surface area contributed by atoms with Crippen molar-refractivity contribution in [2.75, 3.05) is 6.61 Å². The van der Waals surface area contributed by atoms with Crippen LogP contribution in [0.5, 0.6) is 5.75 Å². The van der Waals surface area contributed by atoms with Crippen LogP contribution in [-0.2, 0) is 0 Å². The largest absolute Gasteiger partial charge is 0.491 e. The summed E-state index contributed by atoms with van der Waals surface area (Å²) < 4.78 is 10.9. The first-order chi connectivity index (χ1) is 6.31. The van der Waals surface area contributed by atoms with E-state index in [1.165, 1.54) is 0 Å². The average Bonchev–Trinajstić information content (AvgIpc) is 2.52. The van der Waals surface area contributed by atoms with Gasteiger partial charge in [0.1, 0.15) is 5.52 Å². The zero-order valence-electron chi connectivity index (χ0n) is 6.95. The van der Waals surface area contributed by atoms with Crippen molar-refractivity contribution >= 4 is 27.0 Å². The van der Waals surface area contributed by atoms with Crippen molar-refractivity contribution in [1.29, 1.82) is 0 Å². The fourth-order valence-electron chi connectivity index (χ4n) is 1.09. The van der Waals surface area contributed by atoms with Crippen molar-refractivity contribution in [2.24, 2.45) is 0 Å². The molecule has 5 heteroatoms. The first kappa shape index (κ1) is 8.50. The lowest BCUT2D eigenvalue weighted by atomic mass is 10.3. The molecule has 0 N–H and O–H groups in total. The Morgan fingerprint density at radius 3 is 3.08 bits per heavy atom. The van der Waals surface area contributed by atoms with Gasteiger partial charge < -0.3 is 4.74 Å². The van der Waals surface area contributed by atoms with Gasteiger partial charge in [-0.15, -0.1) is 0 Å². The molecule has 0 radical (unpaired) electrons. The summed E-state index contributed by atoms with van der Waals surface area (Å²) in [7, 11) is 0. The molecule has 0 amide bonds. The molecule has 0 spiro atoms. The average molecular weight is 243 g/mol. The van der Waals surface area contributed by atoms with Crippen molar-refractivity contribution in [1.82, 2.24) is 10.3 Å². The maximum atomic E-state index is 5.37. The lowest BCUT2D eigenvalue weighted by molar-refractivity contribution is 0.310. The molecule has 2 rings (SSSR count). The summed E-state index contributed by atoms with van der Waals surface area (Å²) >= 11 is 3.35. The Morgan fingerprint density at radius 1 is 1.46 bits per heavy atom. The summed E-state index contributed by atoms with van der Waals surface area (Å²) in [5.74, 6) is 0.688. The Hall–Kier alpha value is -1.10. The second-order valence-corrected chi connectivity index (χ2v) is 3.38. The Kier molecular flexibility index (Phi) is 2.18. The summed E-state index contributed by atoms with van der Waals surface area (Å²) in [5.41, 5.74) is 1.35. The second-order valence-electron chi connectivity index (χ2n) is 2.47. The Balaban J connectivity index is 2.63. The quantitative estimate of drug-likeness (QED) is 0.812. The van der Waals surface area contributed by atoms with Crippen LogP contribution in [0.4, 0.5) is 0 Å².